The summed E-state index contributed by atoms with van der Waals surface area (Å²) in [5.41, 5.74) is 0.368. The van der Waals surface area contributed by atoms with Crippen molar-refractivity contribution in [3.8, 4) is 0 Å². The third-order valence-corrected chi connectivity index (χ3v) is 1.58. The molecule has 5 nitrogen and oxygen atoms in total. The van der Waals surface area contributed by atoms with Gasteiger partial charge in [0.1, 0.15) is 0 Å². The summed E-state index contributed by atoms with van der Waals surface area (Å²) in [5, 5.41) is 1.45. The van der Waals surface area contributed by atoms with Crippen LogP contribution >= 0.6 is 0 Å². The molecule has 1 unspecified atom stereocenters. The Balaban J connectivity index is 2.35. The molecule has 0 spiro atoms. The molecule has 1 aliphatic heterocycles. The van der Waals surface area contributed by atoms with Crippen molar-refractivity contribution in [3.05, 3.63) is 12.2 Å². The van der Waals surface area contributed by atoms with Crippen LogP contribution in [-0.2, 0) is 19.4 Å². The second kappa shape index (κ2) is 4.36. The van der Waals surface area contributed by atoms with Crippen LogP contribution in [0.4, 0.5) is 0 Å². The van der Waals surface area contributed by atoms with E-state index in [-0.39, 0.29) is 0 Å². The van der Waals surface area contributed by atoms with E-state index in [9.17, 15) is 4.79 Å². The fourth-order valence-electron chi connectivity index (χ4n) is 0.826. The van der Waals surface area contributed by atoms with Crippen molar-refractivity contribution in [3.63, 3.8) is 0 Å². The normalized spacial score (nSPS) is 19.8. The molecule has 13 heavy (non-hydrogen) atoms. The van der Waals surface area contributed by atoms with Gasteiger partial charge < -0.3 is 4.74 Å². The molecule has 0 aromatic heterocycles. The van der Waals surface area contributed by atoms with Crippen LogP contribution in [0.1, 0.15) is 13.8 Å². The number of hydroxylamine groups is 2. The quantitative estimate of drug-likeness (QED) is 0.368. The zero-order chi connectivity index (χ0) is 9.84. The molecule has 1 heterocycles. The Labute approximate surface area is 76.7 Å². The third-order valence-electron chi connectivity index (χ3n) is 1.58. The standard InChI is InChI=1S/C8H13NO4/c1-6(2)8(10)12-7(3)9-4-5-11-13-9/h7H,1,4-5H2,2-3H3. The first-order chi connectivity index (χ1) is 6.11. The molecule has 74 valence electrons. The van der Waals surface area contributed by atoms with Gasteiger partial charge in [0.25, 0.3) is 0 Å². The number of hydrogen-bond acceptors (Lipinski definition) is 5. The van der Waals surface area contributed by atoms with Crippen LogP contribution in [0, 0.1) is 0 Å². The van der Waals surface area contributed by atoms with Crippen LogP contribution in [0.5, 0.6) is 0 Å². The average Bonchev–Trinajstić information content (AvgIpc) is 2.55. The van der Waals surface area contributed by atoms with Crippen molar-refractivity contribution < 1.29 is 19.4 Å². The molecule has 0 saturated carbocycles. The van der Waals surface area contributed by atoms with Gasteiger partial charge in [-0.2, -0.15) is 0 Å². The predicted octanol–water partition coefficient (Wildman–Crippen LogP) is 0.630. The highest BCUT2D eigenvalue weighted by Crippen LogP contribution is 2.09. The second-order valence-electron chi connectivity index (χ2n) is 2.82. The predicted molar refractivity (Wildman–Crippen MR) is 44.1 cm³/mol. The van der Waals surface area contributed by atoms with E-state index in [1.165, 1.54) is 5.06 Å². The minimum Gasteiger partial charge on any atom is -0.441 e. The Bertz CT molecular complexity index is 210. The molecule has 0 aromatic carbocycles. The maximum absolute atomic E-state index is 11.1. The number of carbonyl (C=O) groups is 1. The lowest BCUT2D eigenvalue weighted by atomic mass is 10.4. The fraction of sp³-hybridized carbons (Fsp3) is 0.625. The molecule has 0 amide bonds. The molecule has 1 atom stereocenters. The zero-order valence-corrected chi connectivity index (χ0v) is 7.78. The molecule has 1 aliphatic rings. The molecular formula is C8H13NO4. The van der Waals surface area contributed by atoms with E-state index < -0.39 is 12.2 Å². The van der Waals surface area contributed by atoms with Crippen molar-refractivity contribution in [2.45, 2.75) is 20.1 Å². The Kier molecular flexibility index (Phi) is 3.41. The van der Waals surface area contributed by atoms with E-state index in [0.29, 0.717) is 18.7 Å². The summed E-state index contributed by atoms with van der Waals surface area (Å²) >= 11 is 0. The Morgan fingerprint density at radius 1 is 1.69 bits per heavy atom. The first-order valence-electron chi connectivity index (χ1n) is 4.04. The van der Waals surface area contributed by atoms with Crippen LogP contribution in [-0.4, -0.2) is 30.4 Å². The maximum atomic E-state index is 11.1. The van der Waals surface area contributed by atoms with E-state index >= 15 is 0 Å². The first kappa shape index (κ1) is 10.2. The molecule has 1 saturated heterocycles. The highest BCUT2D eigenvalue weighted by Gasteiger charge is 2.23. The maximum Gasteiger partial charge on any atom is 0.334 e. The second-order valence-corrected chi connectivity index (χ2v) is 2.82. The lowest BCUT2D eigenvalue weighted by Crippen LogP contribution is -2.33. The number of ether oxygens (including phenoxy) is 1. The summed E-state index contributed by atoms with van der Waals surface area (Å²) in [5.74, 6) is -0.428. The van der Waals surface area contributed by atoms with Gasteiger partial charge in [-0.15, -0.1) is 10.1 Å². The van der Waals surface area contributed by atoms with Crippen LogP contribution in [0.15, 0.2) is 12.2 Å². The van der Waals surface area contributed by atoms with E-state index in [4.69, 9.17) is 9.73 Å². The fourth-order valence-corrected chi connectivity index (χ4v) is 0.826. The number of nitrogens with zero attached hydrogens (tertiary/aromatic N) is 1. The van der Waals surface area contributed by atoms with Gasteiger partial charge in [0.05, 0.1) is 13.2 Å². The Hall–Kier alpha value is -0.910. The highest BCUT2D eigenvalue weighted by atomic mass is 17.3. The summed E-state index contributed by atoms with van der Waals surface area (Å²) in [6.45, 7) is 7.84. The van der Waals surface area contributed by atoms with Gasteiger partial charge >= 0.3 is 5.97 Å². The SMILES string of the molecule is C=C(C)C(=O)OC(C)N1CCOO1. The van der Waals surface area contributed by atoms with Gasteiger partial charge in [-0.3, -0.25) is 0 Å². The average molecular weight is 187 g/mol. The molecule has 0 aliphatic carbocycles. The first-order valence-corrected chi connectivity index (χ1v) is 4.04. The largest absolute Gasteiger partial charge is 0.441 e. The molecule has 0 bridgehead atoms. The van der Waals surface area contributed by atoms with Gasteiger partial charge in [0.2, 0.25) is 0 Å². The zero-order valence-electron chi connectivity index (χ0n) is 7.78. The van der Waals surface area contributed by atoms with E-state index in [1.54, 1.807) is 13.8 Å². The van der Waals surface area contributed by atoms with Crippen molar-refractivity contribution in [2.24, 2.45) is 0 Å². The Morgan fingerprint density at radius 3 is 2.85 bits per heavy atom. The molecule has 0 radical (unpaired) electrons. The molecule has 5 heteroatoms. The highest BCUT2D eigenvalue weighted by molar-refractivity contribution is 5.87. The lowest BCUT2D eigenvalue weighted by Gasteiger charge is -2.19. The summed E-state index contributed by atoms with van der Waals surface area (Å²) in [6, 6.07) is 0. The van der Waals surface area contributed by atoms with Crippen LogP contribution in [0.25, 0.3) is 0 Å². The summed E-state index contributed by atoms with van der Waals surface area (Å²) in [7, 11) is 0. The molecule has 1 rings (SSSR count). The number of carbonyl (C=O) groups excluding carboxylic acids is 1. The van der Waals surface area contributed by atoms with Gasteiger partial charge in [-0.1, -0.05) is 6.58 Å². The van der Waals surface area contributed by atoms with Gasteiger partial charge in [-0.05, 0) is 13.8 Å². The monoisotopic (exact) mass is 187 g/mol. The smallest absolute Gasteiger partial charge is 0.334 e. The van der Waals surface area contributed by atoms with Crippen molar-refractivity contribution in [2.75, 3.05) is 13.2 Å². The van der Waals surface area contributed by atoms with E-state index in [0.717, 1.165) is 0 Å². The third kappa shape index (κ3) is 2.80. The minimum absolute atomic E-state index is 0.368. The van der Waals surface area contributed by atoms with E-state index in [1.807, 2.05) is 0 Å². The summed E-state index contributed by atoms with van der Waals surface area (Å²) < 4.78 is 4.98. The van der Waals surface area contributed by atoms with Crippen molar-refractivity contribution in [1.29, 1.82) is 0 Å². The Morgan fingerprint density at radius 2 is 2.38 bits per heavy atom. The van der Waals surface area contributed by atoms with Crippen molar-refractivity contribution >= 4 is 5.97 Å². The number of esters is 1. The molecule has 0 aromatic rings. The molecular weight excluding hydrogens is 174 g/mol. The minimum atomic E-state index is -0.452. The topological polar surface area (TPSA) is 48.0 Å². The lowest BCUT2D eigenvalue weighted by molar-refractivity contribution is -0.396. The number of hydrogen-bond donors (Lipinski definition) is 0. The van der Waals surface area contributed by atoms with Gasteiger partial charge in [0.15, 0.2) is 6.23 Å². The molecule has 1 fully saturated rings. The number of rotatable bonds is 3. The summed E-state index contributed by atoms with van der Waals surface area (Å²) in [6.07, 6.45) is -0.452. The van der Waals surface area contributed by atoms with Crippen LogP contribution in [0.2, 0.25) is 0 Å². The molecule has 0 N–H and O–H groups in total. The van der Waals surface area contributed by atoms with Gasteiger partial charge in [-0.25, -0.2) is 9.68 Å². The van der Waals surface area contributed by atoms with Crippen molar-refractivity contribution in [1.82, 2.24) is 5.06 Å². The van der Waals surface area contributed by atoms with Gasteiger partial charge in [0, 0.05) is 5.57 Å². The van der Waals surface area contributed by atoms with E-state index in [2.05, 4.69) is 11.5 Å². The summed E-state index contributed by atoms with van der Waals surface area (Å²) in [4.78, 5) is 20.4. The van der Waals surface area contributed by atoms with Crippen LogP contribution in [0.3, 0.4) is 0 Å². The van der Waals surface area contributed by atoms with Crippen LogP contribution < -0.4 is 0 Å².